The molecule has 5 nitrogen and oxygen atoms in total. The minimum atomic E-state index is -0.433. The fraction of sp³-hybridized carbons (Fsp3) is 0.412. The summed E-state index contributed by atoms with van der Waals surface area (Å²) in [5, 5.41) is 0. The Hall–Kier alpha value is -2.30. The fourth-order valence-electron chi connectivity index (χ4n) is 2.70. The van der Waals surface area contributed by atoms with Gasteiger partial charge in [-0.05, 0) is 25.5 Å². The Kier molecular flexibility index (Phi) is 5.20. The molecule has 1 unspecified atom stereocenters. The number of aryl methyl sites for hydroxylation is 1. The first-order chi connectivity index (χ1) is 10.6. The van der Waals surface area contributed by atoms with Crippen LogP contribution in [0.5, 0.6) is 0 Å². The molecule has 0 N–H and O–H groups in total. The van der Waals surface area contributed by atoms with Crippen molar-refractivity contribution in [3.8, 4) is 0 Å². The summed E-state index contributed by atoms with van der Waals surface area (Å²) >= 11 is 0. The van der Waals surface area contributed by atoms with Gasteiger partial charge >= 0.3 is 0 Å². The van der Waals surface area contributed by atoms with E-state index < -0.39 is 6.04 Å². The Labute approximate surface area is 130 Å². The Balaban J connectivity index is 2.13. The average molecular weight is 302 g/mol. The zero-order valence-electron chi connectivity index (χ0n) is 13.0. The molecule has 0 saturated carbocycles. The third kappa shape index (κ3) is 3.47. The molecular weight excluding hydrogens is 280 g/mol. The number of carbonyl (C=O) groups is 2. The van der Waals surface area contributed by atoms with Crippen LogP contribution in [0.2, 0.25) is 0 Å². The van der Waals surface area contributed by atoms with E-state index in [1.54, 1.807) is 22.0 Å². The van der Waals surface area contributed by atoms with E-state index in [-0.39, 0.29) is 11.8 Å². The summed E-state index contributed by atoms with van der Waals surface area (Å²) in [4.78, 5) is 28.1. The Morgan fingerprint density at radius 3 is 2.64 bits per heavy atom. The molecule has 2 heterocycles. The summed E-state index contributed by atoms with van der Waals surface area (Å²) in [5.41, 5.74) is 0. The van der Waals surface area contributed by atoms with Gasteiger partial charge in [-0.3, -0.25) is 9.59 Å². The predicted molar refractivity (Wildman–Crippen MR) is 84.0 cm³/mol. The van der Waals surface area contributed by atoms with Gasteiger partial charge in [0.25, 0.3) is 0 Å². The Morgan fingerprint density at radius 1 is 1.41 bits per heavy atom. The van der Waals surface area contributed by atoms with Gasteiger partial charge in [-0.1, -0.05) is 12.2 Å². The van der Waals surface area contributed by atoms with Crippen LogP contribution >= 0.6 is 0 Å². The zero-order valence-corrected chi connectivity index (χ0v) is 13.0. The van der Waals surface area contributed by atoms with Gasteiger partial charge < -0.3 is 14.2 Å². The van der Waals surface area contributed by atoms with Gasteiger partial charge in [0.15, 0.2) is 0 Å². The van der Waals surface area contributed by atoms with Crippen LogP contribution < -0.4 is 0 Å². The molecule has 0 aromatic carbocycles. The SMILES string of the molecule is C=CCN(CC=C)C(=O)C1CCC(=O)N1Cc1ccc(C)o1. The highest BCUT2D eigenvalue weighted by Crippen LogP contribution is 2.24. The second-order valence-electron chi connectivity index (χ2n) is 5.41. The van der Waals surface area contributed by atoms with Crippen LogP contribution in [0, 0.1) is 6.92 Å². The number of carbonyl (C=O) groups excluding carboxylic acids is 2. The number of hydrogen-bond donors (Lipinski definition) is 0. The smallest absolute Gasteiger partial charge is 0.245 e. The van der Waals surface area contributed by atoms with Gasteiger partial charge in [-0.15, -0.1) is 13.2 Å². The van der Waals surface area contributed by atoms with E-state index >= 15 is 0 Å². The van der Waals surface area contributed by atoms with Crippen LogP contribution in [-0.4, -0.2) is 40.7 Å². The highest BCUT2D eigenvalue weighted by atomic mass is 16.3. The number of furan rings is 1. The molecule has 0 bridgehead atoms. The molecule has 2 rings (SSSR count). The normalized spacial score (nSPS) is 17.6. The van der Waals surface area contributed by atoms with Crippen molar-refractivity contribution in [2.24, 2.45) is 0 Å². The topological polar surface area (TPSA) is 53.8 Å². The molecule has 1 aliphatic heterocycles. The van der Waals surface area contributed by atoms with Crippen molar-refractivity contribution < 1.29 is 14.0 Å². The molecule has 1 aliphatic rings. The van der Waals surface area contributed by atoms with E-state index in [1.165, 1.54) is 0 Å². The van der Waals surface area contributed by atoms with E-state index in [1.807, 2.05) is 19.1 Å². The van der Waals surface area contributed by atoms with Crippen molar-refractivity contribution >= 4 is 11.8 Å². The third-order valence-electron chi connectivity index (χ3n) is 3.75. The number of likely N-dealkylation sites (tertiary alicyclic amines) is 1. The lowest BCUT2D eigenvalue weighted by Gasteiger charge is -2.28. The van der Waals surface area contributed by atoms with Crippen molar-refractivity contribution in [2.45, 2.75) is 32.4 Å². The van der Waals surface area contributed by atoms with E-state index in [2.05, 4.69) is 13.2 Å². The zero-order chi connectivity index (χ0) is 16.1. The summed E-state index contributed by atoms with van der Waals surface area (Å²) in [6.45, 7) is 10.4. The molecule has 1 atom stereocenters. The minimum absolute atomic E-state index is 0.00967. The molecule has 0 radical (unpaired) electrons. The fourth-order valence-corrected chi connectivity index (χ4v) is 2.70. The van der Waals surface area contributed by atoms with E-state index in [4.69, 9.17) is 4.42 Å². The van der Waals surface area contributed by atoms with Crippen LogP contribution in [-0.2, 0) is 16.1 Å². The van der Waals surface area contributed by atoms with Crippen LogP contribution in [0.15, 0.2) is 41.9 Å². The summed E-state index contributed by atoms with van der Waals surface area (Å²) < 4.78 is 5.53. The van der Waals surface area contributed by atoms with Crippen LogP contribution in [0.1, 0.15) is 24.4 Å². The van der Waals surface area contributed by atoms with Gasteiger partial charge in [-0.2, -0.15) is 0 Å². The molecule has 118 valence electrons. The maximum atomic E-state index is 12.7. The van der Waals surface area contributed by atoms with E-state index in [9.17, 15) is 9.59 Å². The van der Waals surface area contributed by atoms with Crippen LogP contribution in [0.4, 0.5) is 0 Å². The van der Waals surface area contributed by atoms with Crippen molar-refractivity contribution in [2.75, 3.05) is 13.1 Å². The number of hydrogen-bond acceptors (Lipinski definition) is 3. The number of amides is 2. The molecule has 1 aromatic rings. The molecule has 5 heteroatoms. The standard InChI is InChI=1S/C17H22N2O3/c1-4-10-18(11-5-2)17(21)15-8-9-16(20)19(15)12-14-7-6-13(3)22-14/h4-7,15H,1-2,8-12H2,3H3. The highest BCUT2D eigenvalue weighted by Gasteiger charge is 2.38. The van der Waals surface area contributed by atoms with Crippen LogP contribution in [0.25, 0.3) is 0 Å². The van der Waals surface area contributed by atoms with Crippen molar-refractivity contribution in [3.63, 3.8) is 0 Å². The quantitative estimate of drug-likeness (QED) is 0.726. The Bertz CT molecular complexity index is 566. The lowest BCUT2D eigenvalue weighted by Crippen LogP contribution is -2.46. The number of nitrogens with zero attached hydrogens (tertiary/aromatic N) is 2. The molecule has 22 heavy (non-hydrogen) atoms. The lowest BCUT2D eigenvalue weighted by atomic mass is 10.2. The average Bonchev–Trinajstić information content (AvgIpc) is 3.06. The maximum absolute atomic E-state index is 12.7. The summed E-state index contributed by atoms with van der Waals surface area (Å²) in [6.07, 6.45) is 4.30. The molecule has 0 spiro atoms. The summed E-state index contributed by atoms with van der Waals surface area (Å²) in [6, 6.07) is 3.26. The van der Waals surface area contributed by atoms with Gasteiger partial charge in [0.05, 0.1) is 6.54 Å². The van der Waals surface area contributed by atoms with Crippen LogP contribution in [0.3, 0.4) is 0 Å². The van der Waals surface area contributed by atoms with Gasteiger partial charge in [-0.25, -0.2) is 0 Å². The second-order valence-corrected chi connectivity index (χ2v) is 5.41. The summed E-state index contributed by atoms with van der Waals surface area (Å²) in [5.74, 6) is 1.42. The molecule has 2 amide bonds. The first-order valence-electron chi connectivity index (χ1n) is 7.42. The van der Waals surface area contributed by atoms with Gasteiger partial charge in [0, 0.05) is 19.5 Å². The monoisotopic (exact) mass is 302 g/mol. The largest absolute Gasteiger partial charge is 0.464 e. The van der Waals surface area contributed by atoms with Crippen molar-refractivity contribution in [3.05, 3.63) is 49.0 Å². The van der Waals surface area contributed by atoms with E-state index in [0.29, 0.717) is 38.2 Å². The molecule has 1 saturated heterocycles. The Morgan fingerprint density at radius 2 is 2.09 bits per heavy atom. The molecule has 0 aliphatic carbocycles. The maximum Gasteiger partial charge on any atom is 0.245 e. The minimum Gasteiger partial charge on any atom is -0.464 e. The van der Waals surface area contributed by atoms with Gasteiger partial charge in [0.1, 0.15) is 17.6 Å². The van der Waals surface area contributed by atoms with Crippen molar-refractivity contribution in [1.82, 2.24) is 9.80 Å². The lowest BCUT2D eigenvalue weighted by molar-refractivity contribution is -0.141. The first-order valence-corrected chi connectivity index (χ1v) is 7.42. The van der Waals surface area contributed by atoms with Crippen molar-refractivity contribution in [1.29, 1.82) is 0 Å². The van der Waals surface area contributed by atoms with Gasteiger partial charge in [0.2, 0.25) is 11.8 Å². The second kappa shape index (κ2) is 7.11. The molecular formula is C17H22N2O3. The predicted octanol–water partition coefficient (Wildman–Crippen LogP) is 2.28. The highest BCUT2D eigenvalue weighted by molar-refractivity contribution is 5.91. The first kappa shape index (κ1) is 16.1. The molecule has 1 aromatic heterocycles. The van der Waals surface area contributed by atoms with E-state index in [0.717, 1.165) is 5.76 Å². The number of rotatable bonds is 7. The third-order valence-corrected chi connectivity index (χ3v) is 3.75. The molecule has 1 fully saturated rings. The summed E-state index contributed by atoms with van der Waals surface area (Å²) in [7, 11) is 0.